The molecule has 21 heavy (non-hydrogen) atoms. The largest absolute Gasteiger partial charge is 0.478 e. The van der Waals surface area contributed by atoms with Gasteiger partial charge in [-0.15, -0.1) is 0 Å². The summed E-state index contributed by atoms with van der Waals surface area (Å²) in [6.07, 6.45) is 2.39. The third-order valence-corrected chi connectivity index (χ3v) is 3.08. The van der Waals surface area contributed by atoms with Gasteiger partial charge < -0.3 is 9.84 Å². The second kappa shape index (κ2) is 6.41. The number of carboxylic acids is 1. The van der Waals surface area contributed by atoms with E-state index in [-0.39, 0.29) is 5.82 Å². The van der Waals surface area contributed by atoms with E-state index < -0.39 is 5.97 Å². The van der Waals surface area contributed by atoms with Crippen molar-refractivity contribution in [2.24, 2.45) is 0 Å². The maximum Gasteiger partial charge on any atom is 0.328 e. The van der Waals surface area contributed by atoms with Gasteiger partial charge >= 0.3 is 5.97 Å². The predicted octanol–water partition coefficient (Wildman–Crippen LogP) is 4.68. The number of ether oxygens (including phenoxy) is 1. The molecule has 0 aliphatic rings. The molecule has 0 bridgehead atoms. The van der Waals surface area contributed by atoms with Gasteiger partial charge in [0.2, 0.25) is 0 Å². The number of aliphatic carboxylic acids is 1. The van der Waals surface area contributed by atoms with Crippen LogP contribution in [0.5, 0.6) is 11.5 Å². The summed E-state index contributed by atoms with van der Waals surface area (Å²) in [6.45, 7) is 1.67. The van der Waals surface area contributed by atoms with Gasteiger partial charge in [0, 0.05) is 12.1 Å². The van der Waals surface area contributed by atoms with Crippen LogP contribution >= 0.6 is 11.6 Å². The molecule has 0 heterocycles. The number of benzene rings is 2. The van der Waals surface area contributed by atoms with E-state index in [0.29, 0.717) is 27.6 Å². The first-order chi connectivity index (χ1) is 9.95. The van der Waals surface area contributed by atoms with Gasteiger partial charge in [0.15, 0.2) is 0 Å². The number of rotatable bonds is 4. The Hall–Kier alpha value is -2.33. The Morgan fingerprint density at radius 3 is 2.52 bits per heavy atom. The van der Waals surface area contributed by atoms with Crippen LogP contribution in [0.15, 0.2) is 42.5 Å². The predicted molar refractivity (Wildman–Crippen MR) is 79.3 cm³/mol. The minimum absolute atomic E-state index is 0.345. The molecule has 108 valence electrons. The molecule has 0 aromatic heterocycles. The molecule has 3 nitrogen and oxygen atoms in total. The SMILES string of the molecule is Cc1ccc(Oc2ccc(/C=C/C(=O)O)c(Cl)c2)cc1F. The summed E-state index contributed by atoms with van der Waals surface area (Å²) >= 11 is 6.04. The van der Waals surface area contributed by atoms with E-state index in [1.165, 1.54) is 12.1 Å². The van der Waals surface area contributed by atoms with Crippen molar-refractivity contribution in [2.45, 2.75) is 6.92 Å². The van der Waals surface area contributed by atoms with Gasteiger partial charge in [-0.3, -0.25) is 0 Å². The first kappa shape index (κ1) is 15.1. The van der Waals surface area contributed by atoms with Gasteiger partial charge in [0.05, 0.1) is 5.02 Å². The highest BCUT2D eigenvalue weighted by atomic mass is 35.5. The summed E-state index contributed by atoms with van der Waals surface area (Å²) in [7, 11) is 0. The third kappa shape index (κ3) is 4.07. The van der Waals surface area contributed by atoms with E-state index >= 15 is 0 Å². The molecule has 0 spiro atoms. The topological polar surface area (TPSA) is 46.5 Å². The maximum absolute atomic E-state index is 13.4. The van der Waals surface area contributed by atoms with Crippen LogP contribution < -0.4 is 4.74 Å². The van der Waals surface area contributed by atoms with Crippen LogP contribution in [0.25, 0.3) is 6.08 Å². The van der Waals surface area contributed by atoms with E-state index in [9.17, 15) is 9.18 Å². The number of halogens is 2. The lowest BCUT2D eigenvalue weighted by Gasteiger charge is -2.08. The number of carbonyl (C=O) groups is 1. The van der Waals surface area contributed by atoms with Crippen molar-refractivity contribution in [2.75, 3.05) is 0 Å². The van der Waals surface area contributed by atoms with Crippen LogP contribution in [0, 0.1) is 12.7 Å². The molecule has 2 rings (SSSR count). The second-order valence-corrected chi connectivity index (χ2v) is 4.78. The van der Waals surface area contributed by atoms with Crippen LogP contribution in [0.1, 0.15) is 11.1 Å². The third-order valence-electron chi connectivity index (χ3n) is 2.76. The molecular weight excluding hydrogens is 295 g/mol. The summed E-state index contributed by atoms with van der Waals surface area (Å²) in [5.41, 5.74) is 1.09. The van der Waals surface area contributed by atoms with E-state index in [4.69, 9.17) is 21.4 Å². The zero-order chi connectivity index (χ0) is 15.4. The molecule has 0 unspecified atom stereocenters. The average Bonchev–Trinajstić information content (AvgIpc) is 2.42. The lowest BCUT2D eigenvalue weighted by atomic mass is 10.2. The lowest BCUT2D eigenvalue weighted by Crippen LogP contribution is -1.89. The van der Waals surface area contributed by atoms with Crippen molar-refractivity contribution in [3.05, 3.63) is 64.4 Å². The van der Waals surface area contributed by atoms with Crippen LogP contribution in [-0.2, 0) is 4.79 Å². The number of hydrogen-bond donors (Lipinski definition) is 1. The Balaban J connectivity index is 2.20. The van der Waals surface area contributed by atoms with Crippen LogP contribution in [0.4, 0.5) is 4.39 Å². The monoisotopic (exact) mass is 306 g/mol. The fraction of sp³-hybridized carbons (Fsp3) is 0.0625. The van der Waals surface area contributed by atoms with Crippen LogP contribution in [0.3, 0.4) is 0 Å². The quantitative estimate of drug-likeness (QED) is 0.834. The van der Waals surface area contributed by atoms with Crippen molar-refractivity contribution in [1.82, 2.24) is 0 Å². The number of hydrogen-bond acceptors (Lipinski definition) is 2. The number of carboxylic acid groups (broad SMARTS) is 1. The average molecular weight is 307 g/mol. The molecule has 0 saturated carbocycles. The minimum atomic E-state index is -1.05. The van der Waals surface area contributed by atoms with Crippen molar-refractivity contribution in [3.63, 3.8) is 0 Å². The first-order valence-electron chi connectivity index (χ1n) is 6.10. The van der Waals surface area contributed by atoms with Crippen molar-refractivity contribution in [1.29, 1.82) is 0 Å². The molecule has 0 saturated heterocycles. The molecule has 1 N–H and O–H groups in total. The molecule has 2 aromatic carbocycles. The summed E-state index contributed by atoms with van der Waals surface area (Å²) in [4.78, 5) is 10.5. The Labute approximate surface area is 126 Å². The van der Waals surface area contributed by atoms with Crippen LogP contribution in [-0.4, -0.2) is 11.1 Å². The number of aryl methyl sites for hydroxylation is 1. The standard InChI is InChI=1S/C16H12ClFO3/c1-10-2-5-13(9-15(10)18)21-12-6-3-11(14(17)8-12)4-7-16(19)20/h2-9H,1H3,(H,19,20)/b7-4+. The summed E-state index contributed by atoms with van der Waals surface area (Å²) in [6, 6.07) is 9.37. The Kier molecular flexibility index (Phi) is 4.60. The van der Waals surface area contributed by atoms with Crippen molar-refractivity contribution < 1.29 is 19.0 Å². The molecule has 0 aliphatic heterocycles. The highest BCUT2D eigenvalue weighted by Gasteiger charge is 2.04. The van der Waals surface area contributed by atoms with E-state index in [1.54, 1.807) is 37.3 Å². The van der Waals surface area contributed by atoms with Gasteiger partial charge in [0.1, 0.15) is 17.3 Å². The molecule has 0 radical (unpaired) electrons. The van der Waals surface area contributed by atoms with E-state index in [2.05, 4.69) is 0 Å². The summed E-state index contributed by atoms with van der Waals surface area (Å²) in [5.74, 6) is -0.597. The molecule has 0 aliphatic carbocycles. The van der Waals surface area contributed by atoms with Gasteiger partial charge in [-0.2, -0.15) is 0 Å². The minimum Gasteiger partial charge on any atom is -0.478 e. The van der Waals surface area contributed by atoms with Gasteiger partial charge in [0.25, 0.3) is 0 Å². The summed E-state index contributed by atoms with van der Waals surface area (Å²) < 4.78 is 18.9. The summed E-state index contributed by atoms with van der Waals surface area (Å²) in [5, 5.41) is 8.92. The Bertz CT molecular complexity index is 711. The lowest BCUT2D eigenvalue weighted by molar-refractivity contribution is -0.131. The molecule has 0 atom stereocenters. The normalized spacial score (nSPS) is 10.8. The maximum atomic E-state index is 13.4. The Morgan fingerprint density at radius 1 is 1.24 bits per heavy atom. The zero-order valence-electron chi connectivity index (χ0n) is 11.1. The zero-order valence-corrected chi connectivity index (χ0v) is 11.9. The molecule has 0 fully saturated rings. The van der Waals surface area contributed by atoms with Crippen LogP contribution in [0.2, 0.25) is 5.02 Å². The smallest absolute Gasteiger partial charge is 0.328 e. The highest BCUT2D eigenvalue weighted by molar-refractivity contribution is 6.32. The molecular formula is C16H12ClFO3. The van der Waals surface area contributed by atoms with Crippen molar-refractivity contribution in [3.8, 4) is 11.5 Å². The fourth-order valence-electron chi connectivity index (χ4n) is 1.64. The molecule has 0 amide bonds. The molecule has 5 heteroatoms. The van der Waals surface area contributed by atoms with Gasteiger partial charge in [-0.1, -0.05) is 17.7 Å². The van der Waals surface area contributed by atoms with E-state index in [0.717, 1.165) is 6.08 Å². The Morgan fingerprint density at radius 2 is 1.90 bits per heavy atom. The highest BCUT2D eigenvalue weighted by Crippen LogP contribution is 2.28. The van der Waals surface area contributed by atoms with E-state index in [1.807, 2.05) is 0 Å². The second-order valence-electron chi connectivity index (χ2n) is 4.37. The van der Waals surface area contributed by atoms with Gasteiger partial charge in [-0.25, -0.2) is 9.18 Å². The van der Waals surface area contributed by atoms with Gasteiger partial charge in [-0.05, 0) is 48.4 Å². The first-order valence-corrected chi connectivity index (χ1v) is 6.48. The molecule has 2 aromatic rings. The fourth-order valence-corrected chi connectivity index (χ4v) is 1.87. The van der Waals surface area contributed by atoms with Crippen molar-refractivity contribution >= 4 is 23.6 Å².